The van der Waals surface area contributed by atoms with Gasteiger partial charge < -0.3 is 5.11 Å². The van der Waals surface area contributed by atoms with Crippen LogP contribution >= 0.6 is 11.8 Å². The minimum absolute atomic E-state index is 0.0476. The van der Waals surface area contributed by atoms with Crippen LogP contribution in [0.2, 0.25) is 0 Å². The van der Waals surface area contributed by atoms with Gasteiger partial charge >= 0.3 is 0 Å². The second kappa shape index (κ2) is 7.20. The summed E-state index contributed by atoms with van der Waals surface area (Å²) >= 11 is 1.08. The number of thioether (sulfide) groups is 1. The van der Waals surface area contributed by atoms with Crippen molar-refractivity contribution in [2.24, 2.45) is 5.92 Å². The number of nitrogens with zero attached hydrogens (tertiary/aromatic N) is 1. The van der Waals surface area contributed by atoms with E-state index in [0.717, 1.165) is 16.7 Å². The van der Waals surface area contributed by atoms with Crippen molar-refractivity contribution in [1.29, 1.82) is 0 Å². The number of nitro groups is 1. The molecule has 114 valence electrons. The summed E-state index contributed by atoms with van der Waals surface area (Å²) in [5.74, 6) is -0.619. The molecule has 0 aliphatic carbocycles. The molecule has 1 N–H and O–H groups in total. The van der Waals surface area contributed by atoms with Crippen molar-refractivity contribution in [3.63, 3.8) is 0 Å². The van der Waals surface area contributed by atoms with Crippen LogP contribution in [0, 0.1) is 16.0 Å². The highest BCUT2D eigenvalue weighted by atomic mass is 32.2. The van der Waals surface area contributed by atoms with Gasteiger partial charge in [0.05, 0.1) is 16.9 Å². The van der Waals surface area contributed by atoms with Crippen LogP contribution in [-0.2, 0) is 4.79 Å². The molecule has 0 bridgehead atoms. The SMILES string of the molecule is C[C@H](C(=O)Sc1ccccc1)[C@H](O)c1ccc([N+](=O)[O-])cc1. The summed E-state index contributed by atoms with van der Waals surface area (Å²) < 4.78 is 0. The molecule has 0 aliphatic rings. The first kappa shape index (κ1) is 16.2. The van der Waals surface area contributed by atoms with E-state index in [1.165, 1.54) is 24.3 Å². The van der Waals surface area contributed by atoms with Crippen molar-refractivity contribution < 1.29 is 14.8 Å². The molecule has 5 nitrogen and oxygen atoms in total. The lowest BCUT2D eigenvalue weighted by Crippen LogP contribution is -2.16. The Labute approximate surface area is 132 Å². The first-order valence-electron chi connectivity index (χ1n) is 6.68. The minimum Gasteiger partial charge on any atom is -0.388 e. The van der Waals surface area contributed by atoms with Crippen LogP contribution in [0.15, 0.2) is 59.5 Å². The second-order valence-electron chi connectivity index (χ2n) is 4.82. The van der Waals surface area contributed by atoms with E-state index in [9.17, 15) is 20.0 Å². The molecular weight excluding hydrogens is 302 g/mol. The Bertz CT molecular complexity index is 658. The van der Waals surface area contributed by atoms with E-state index in [1.807, 2.05) is 30.3 Å². The molecule has 0 heterocycles. The first-order valence-corrected chi connectivity index (χ1v) is 7.50. The lowest BCUT2D eigenvalue weighted by atomic mass is 9.98. The Morgan fingerprint density at radius 1 is 1.14 bits per heavy atom. The number of benzene rings is 2. The maximum Gasteiger partial charge on any atom is 0.269 e. The average molecular weight is 317 g/mol. The van der Waals surface area contributed by atoms with Gasteiger partial charge in [0, 0.05) is 17.0 Å². The fraction of sp³-hybridized carbons (Fsp3) is 0.188. The molecule has 0 radical (unpaired) electrons. The number of carbonyl (C=O) groups excluding carboxylic acids is 1. The Hall–Kier alpha value is -2.18. The van der Waals surface area contributed by atoms with Gasteiger partial charge in [0.2, 0.25) is 0 Å². The topological polar surface area (TPSA) is 80.4 Å². The van der Waals surface area contributed by atoms with E-state index in [4.69, 9.17) is 0 Å². The zero-order valence-electron chi connectivity index (χ0n) is 11.9. The van der Waals surface area contributed by atoms with Crippen molar-refractivity contribution >= 4 is 22.6 Å². The molecule has 0 spiro atoms. The highest BCUT2D eigenvalue weighted by molar-refractivity contribution is 8.13. The minimum atomic E-state index is -0.996. The van der Waals surface area contributed by atoms with E-state index in [-0.39, 0.29) is 10.8 Å². The number of hydrogen-bond donors (Lipinski definition) is 1. The van der Waals surface area contributed by atoms with E-state index in [0.29, 0.717) is 5.56 Å². The molecule has 0 unspecified atom stereocenters. The molecule has 0 saturated heterocycles. The lowest BCUT2D eigenvalue weighted by molar-refractivity contribution is -0.384. The second-order valence-corrected chi connectivity index (χ2v) is 5.89. The summed E-state index contributed by atoms with van der Waals surface area (Å²) in [6.07, 6.45) is -0.996. The molecule has 0 aromatic heterocycles. The number of hydrogen-bond acceptors (Lipinski definition) is 5. The Morgan fingerprint density at radius 2 is 1.73 bits per heavy atom. The summed E-state index contributed by atoms with van der Waals surface area (Å²) in [4.78, 5) is 23.1. The summed E-state index contributed by atoms with van der Waals surface area (Å²) in [5.41, 5.74) is 0.439. The summed E-state index contributed by atoms with van der Waals surface area (Å²) in [6.45, 7) is 1.64. The third-order valence-corrected chi connectivity index (χ3v) is 4.33. The molecule has 0 amide bonds. The van der Waals surface area contributed by atoms with Gasteiger partial charge in [-0.1, -0.05) is 36.9 Å². The van der Waals surface area contributed by atoms with Crippen LogP contribution in [0.5, 0.6) is 0 Å². The summed E-state index contributed by atoms with van der Waals surface area (Å²) in [6, 6.07) is 14.8. The van der Waals surface area contributed by atoms with Gasteiger partial charge in [-0.15, -0.1) is 0 Å². The quantitative estimate of drug-likeness (QED) is 0.518. The van der Waals surface area contributed by atoms with Gasteiger partial charge in [-0.3, -0.25) is 14.9 Å². The van der Waals surface area contributed by atoms with Crippen molar-refractivity contribution in [2.45, 2.75) is 17.9 Å². The van der Waals surface area contributed by atoms with Gasteiger partial charge in [-0.25, -0.2) is 0 Å². The van der Waals surface area contributed by atoms with E-state index < -0.39 is 16.9 Å². The van der Waals surface area contributed by atoms with Crippen LogP contribution in [-0.4, -0.2) is 15.1 Å². The number of aliphatic hydroxyl groups is 1. The predicted molar refractivity (Wildman–Crippen MR) is 84.5 cm³/mol. The molecule has 0 saturated carbocycles. The zero-order valence-corrected chi connectivity index (χ0v) is 12.7. The Morgan fingerprint density at radius 3 is 2.27 bits per heavy atom. The highest BCUT2D eigenvalue weighted by Gasteiger charge is 2.24. The van der Waals surface area contributed by atoms with E-state index in [2.05, 4.69) is 0 Å². The highest BCUT2D eigenvalue weighted by Crippen LogP contribution is 2.30. The zero-order chi connectivity index (χ0) is 16.1. The molecule has 22 heavy (non-hydrogen) atoms. The number of carbonyl (C=O) groups is 1. The molecule has 0 aliphatic heterocycles. The van der Waals surface area contributed by atoms with Crippen molar-refractivity contribution in [2.75, 3.05) is 0 Å². The molecule has 2 rings (SSSR count). The smallest absolute Gasteiger partial charge is 0.269 e. The van der Waals surface area contributed by atoms with Crippen molar-refractivity contribution in [3.05, 3.63) is 70.3 Å². The Kier molecular flexibility index (Phi) is 5.30. The maximum absolute atomic E-state index is 12.2. The normalized spacial score (nSPS) is 13.4. The van der Waals surface area contributed by atoms with Gasteiger partial charge in [0.1, 0.15) is 0 Å². The number of rotatable bonds is 5. The van der Waals surface area contributed by atoms with Crippen LogP contribution in [0.3, 0.4) is 0 Å². The van der Waals surface area contributed by atoms with Crippen LogP contribution < -0.4 is 0 Å². The standard InChI is InChI=1S/C16H15NO4S/c1-11(16(19)22-14-5-3-2-4-6-14)15(18)12-7-9-13(10-8-12)17(20)21/h2-11,15,18H,1H3/t11-,15-/m0/s1. The molecule has 0 fully saturated rings. The maximum atomic E-state index is 12.2. The number of non-ortho nitro benzene ring substituents is 1. The van der Waals surface area contributed by atoms with Crippen LogP contribution in [0.4, 0.5) is 5.69 Å². The first-order chi connectivity index (χ1) is 10.5. The molecule has 2 aromatic carbocycles. The molecule has 2 atom stereocenters. The molecular formula is C16H15NO4S. The third-order valence-electron chi connectivity index (χ3n) is 3.25. The van der Waals surface area contributed by atoms with E-state index >= 15 is 0 Å². The molecule has 2 aromatic rings. The third kappa shape index (κ3) is 3.93. The monoisotopic (exact) mass is 317 g/mol. The van der Waals surface area contributed by atoms with Gasteiger partial charge in [-0.05, 0) is 29.8 Å². The van der Waals surface area contributed by atoms with Gasteiger partial charge in [0.15, 0.2) is 5.12 Å². The van der Waals surface area contributed by atoms with E-state index in [1.54, 1.807) is 6.92 Å². The predicted octanol–water partition coefficient (Wildman–Crippen LogP) is 3.58. The van der Waals surface area contributed by atoms with Gasteiger partial charge in [0.25, 0.3) is 5.69 Å². The van der Waals surface area contributed by atoms with Crippen molar-refractivity contribution in [3.8, 4) is 0 Å². The number of aliphatic hydroxyl groups excluding tert-OH is 1. The summed E-state index contributed by atoms with van der Waals surface area (Å²) in [7, 11) is 0. The lowest BCUT2D eigenvalue weighted by Gasteiger charge is -2.17. The van der Waals surface area contributed by atoms with Crippen LogP contribution in [0.1, 0.15) is 18.6 Å². The fourth-order valence-corrected chi connectivity index (χ4v) is 2.75. The average Bonchev–Trinajstić information content (AvgIpc) is 2.54. The largest absolute Gasteiger partial charge is 0.388 e. The Balaban J connectivity index is 2.06. The fourth-order valence-electron chi connectivity index (χ4n) is 1.91. The van der Waals surface area contributed by atoms with Crippen molar-refractivity contribution in [1.82, 2.24) is 0 Å². The summed E-state index contributed by atoms with van der Waals surface area (Å²) in [5, 5.41) is 20.7. The molecule has 6 heteroatoms. The number of nitro benzene ring substituents is 1. The van der Waals surface area contributed by atoms with Gasteiger partial charge in [-0.2, -0.15) is 0 Å². The van der Waals surface area contributed by atoms with Crippen LogP contribution in [0.25, 0.3) is 0 Å².